The molecule has 0 aliphatic carbocycles. The van der Waals surface area contributed by atoms with Crippen LogP contribution in [-0.2, 0) is 5.75 Å². The van der Waals surface area contributed by atoms with Crippen molar-refractivity contribution in [3.05, 3.63) is 77.4 Å². The first-order valence-electron chi connectivity index (χ1n) is 9.76. The third kappa shape index (κ3) is 4.71. The zero-order chi connectivity index (χ0) is 20.9. The molecular weight excluding hydrogens is 400 g/mol. The lowest BCUT2D eigenvalue weighted by Gasteiger charge is -2.35. The van der Waals surface area contributed by atoms with E-state index in [0.29, 0.717) is 54.8 Å². The number of aromatic nitrogens is 2. The topological polar surface area (TPSA) is 79.5 Å². The summed E-state index contributed by atoms with van der Waals surface area (Å²) in [5.41, 5.74) is 1.33. The third-order valence-electron chi connectivity index (χ3n) is 4.91. The molecule has 0 atom stereocenters. The van der Waals surface area contributed by atoms with Crippen molar-refractivity contribution in [1.82, 2.24) is 19.9 Å². The van der Waals surface area contributed by atoms with Gasteiger partial charge in [0.1, 0.15) is 0 Å². The van der Waals surface area contributed by atoms with Gasteiger partial charge in [0.25, 0.3) is 11.8 Å². The molecule has 2 amide bonds. The average molecular weight is 423 g/mol. The molecule has 0 radical (unpaired) electrons. The highest BCUT2D eigenvalue weighted by atomic mass is 32.2. The van der Waals surface area contributed by atoms with Gasteiger partial charge >= 0.3 is 0 Å². The van der Waals surface area contributed by atoms with Gasteiger partial charge in [0, 0.05) is 42.2 Å². The summed E-state index contributed by atoms with van der Waals surface area (Å²) >= 11 is 1.58. The van der Waals surface area contributed by atoms with Gasteiger partial charge in [-0.1, -0.05) is 23.4 Å². The Morgan fingerprint density at radius 2 is 1.47 bits per heavy atom. The second-order valence-corrected chi connectivity index (χ2v) is 8.05. The molecule has 154 valence electrons. The molecule has 4 rings (SSSR count). The Labute approximate surface area is 179 Å². The monoisotopic (exact) mass is 422 g/mol. The van der Waals surface area contributed by atoms with E-state index < -0.39 is 0 Å². The molecule has 0 spiro atoms. The van der Waals surface area contributed by atoms with Gasteiger partial charge in [-0.2, -0.15) is 4.98 Å². The Balaban J connectivity index is 1.30. The molecule has 0 unspecified atom stereocenters. The lowest BCUT2D eigenvalue weighted by atomic mass is 10.1. The summed E-state index contributed by atoms with van der Waals surface area (Å²) in [5, 5.41) is 3.78. The summed E-state index contributed by atoms with van der Waals surface area (Å²) in [7, 11) is 0. The zero-order valence-corrected chi connectivity index (χ0v) is 17.5. The molecule has 0 N–H and O–H groups in total. The van der Waals surface area contributed by atoms with Crippen LogP contribution < -0.4 is 0 Å². The number of carbonyl (C=O) groups is 2. The molecular formula is C22H22N4O3S. The Morgan fingerprint density at radius 3 is 2.00 bits per heavy atom. The van der Waals surface area contributed by atoms with Gasteiger partial charge in [-0.05, 0) is 43.3 Å². The molecule has 7 nitrogen and oxygen atoms in total. The van der Waals surface area contributed by atoms with Crippen molar-refractivity contribution in [3.8, 4) is 0 Å². The second kappa shape index (κ2) is 9.13. The second-order valence-electron chi connectivity index (χ2n) is 7.00. The first kappa shape index (κ1) is 20.2. The van der Waals surface area contributed by atoms with E-state index in [4.69, 9.17) is 4.52 Å². The lowest BCUT2D eigenvalue weighted by molar-refractivity contribution is 0.0535. The van der Waals surface area contributed by atoms with E-state index in [1.807, 2.05) is 54.6 Å². The number of carbonyl (C=O) groups excluding carboxylic acids is 2. The van der Waals surface area contributed by atoms with Crippen LogP contribution in [0.25, 0.3) is 0 Å². The Morgan fingerprint density at radius 1 is 0.900 bits per heavy atom. The van der Waals surface area contributed by atoms with Crippen LogP contribution in [0.4, 0.5) is 0 Å². The molecule has 2 heterocycles. The number of nitrogens with zero attached hydrogens (tertiary/aromatic N) is 4. The smallest absolute Gasteiger partial charge is 0.253 e. The summed E-state index contributed by atoms with van der Waals surface area (Å²) in [6, 6.07) is 16.8. The number of hydrogen-bond acceptors (Lipinski definition) is 6. The van der Waals surface area contributed by atoms with Gasteiger partial charge < -0.3 is 14.3 Å². The fraction of sp³-hybridized carbons (Fsp3) is 0.273. The van der Waals surface area contributed by atoms with Crippen molar-refractivity contribution in [2.24, 2.45) is 0 Å². The molecule has 1 aliphatic heterocycles. The maximum absolute atomic E-state index is 12.8. The number of piperazine rings is 1. The van der Waals surface area contributed by atoms with Crippen LogP contribution in [0.5, 0.6) is 0 Å². The van der Waals surface area contributed by atoms with E-state index in [0.717, 1.165) is 4.90 Å². The SMILES string of the molecule is Cc1noc(CSc2ccc(C(=O)N3CCN(C(=O)c4ccccc4)CC3)cc2)n1. The molecule has 1 aromatic heterocycles. The van der Waals surface area contributed by atoms with Crippen molar-refractivity contribution in [3.63, 3.8) is 0 Å². The first-order chi connectivity index (χ1) is 14.6. The van der Waals surface area contributed by atoms with E-state index in [9.17, 15) is 9.59 Å². The minimum Gasteiger partial charge on any atom is -0.338 e. The normalized spacial score (nSPS) is 14.0. The third-order valence-corrected chi connectivity index (χ3v) is 5.90. The summed E-state index contributed by atoms with van der Waals surface area (Å²) < 4.78 is 5.11. The standard InChI is InChI=1S/C22H22N4O3S/c1-16-23-20(29-24-16)15-30-19-9-7-18(8-10-19)22(28)26-13-11-25(12-14-26)21(27)17-5-3-2-4-6-17/h2-10H,11-15H2,1H3. The van der Waals surface area contributed by atoms with E-state index in [2.05, 4.69) is 10.1 Å². The summed E-state index contributed by atoms with van der Waals surface area (Å²) in [6.07, 6.45) is 0. The van der Waals surface area contributed by atoms with E-state index >= 15 is 0 Å². The number of thioether (sulfide) groups is 1. The number of aryl methyl sites for hydroxylation is 1. The molecule has 1 aliphatic rings. The van der Waals surface area contributed by atoms with Crippen molar-refractivity contribution in [1.29, 1.82) is 0 Å². The fourth-order valence-electron chi connectivity index (χ4n) is 3.30. The predicted octanol–water partition coefficient (Wildman–Crippen LogP) is 3.27. The Hall–Kier alpha value is -3.13. The minimum atomic E-state index is -0.00844. The van der Waals surface area contributed by atoms with Gasteiger partial charge in [-0.3, -0.25) is 9.59 Å². The summed E-state index contributed by atoms with van der Waals surface area (Å²) in [5.74, 6) is 1.80. The minimum absolute atomic E-state index is 0.00844. The van der Waals surface area contributed by atoms with Gasteiger partial charge in [0.2, 0.25) is 5.89 Å². The molecule has 30 heavy (non-hydrogen) atoms. The van der Waals surface area contributed by atoms with E-state index in [1.54, 1.807) is 28.5 Å². The lowest BCUT2D eigenvalue weighted by Crippen LogP contribution is -2.50. The molecule has 1 saturated heterocycles. The maximum Gasteiger partial charge on any atom is 0.253 e. The molecule has 1 fully saturated rings. The highest BCUT2D eigenvalue weighted by Crippen LogP contribution is 2.23. The summed E-state index contributed by atoms with van der Waals surface area (Å²) in [6.45, 7) is 3.93. The number of benzene rings is 2. The van der Waals surface area contributed by atoms with Crippen molar-refractivity contribution >= 4 is 23.6 Å². The van der Waals surface area contributed by atoms with Crippen LogP contribution in [-0.4, -0.2) is 57.9 Å². The number of amides is 2. The van der Waals surface area contributed by atoms with Crippen molar-refractivity contribution < 1.29 is 14.1 Å². The highest BCUT2D eigenvalue weighted by molar-refractivity contribution is 7.98. The number of rotatable bonds is 5. The maximum atomic E-state index is 12.8. The highest BCUT2D eigenvalue weighted by Gasteiger charge is 2.25. The Bertz CT molecular complexity index is 1010. The van der Waals surface area contributed by atoms with Crippen molar-refractivity contribution in [2.75, 3.05) is 26.2 Å². The number of hydrogen-bond donors (Lipinski definition) is 0. The van der Waals surface area contributed by atoms with E-state index in [1.165, 1.54) is 0 Å². The fourth-order valence-corrected chi connectivity index (χ4v) is 4.03. The van der Waals surface area contributed by atoms with Gasteiger partial charge in [0.05, 0.1) is 5.75 Å². The van der Waals surface area contributed by atoms with Gasteiger partial charge in [0.15, 0.2) is 5.82 Å². The molecule has 2 aromatic carbocycles. The summed E-state index contributed by atoms with van der Waals surface area (Å²) in [4.78, 5) is 34.2. The van der Waals surface area contributed by atoms with E-state index in [-0.39, 0.29) is 11.8 Å². The van der Waals surface area contributed by atoms with Crippen LogP contribution in [0.1, 0.15) is 32.4 Å². The Kier molecular flexibility index (Phi) is 6.13. The van der Waals surface area contributed by atoms with Crippen LogP contribution in [0, 0.1) is 6.92 Å². The predicted molar refractivity (Wildman–Crippen MR) is 113 cm³/mol. The molecule has 3 aromatic rings. The van der Waals surface area contributed by atoms with Crippen LogP contribution in [0.15, 0.2) is 64.0 Å². The van der Waals surface area contributed by atoms with Crippen LogP contribution >= 0.6 is 11.8 Å². The molecule has 0 bridgehead atoms. The quantitative estimate of drug-likeness (QED) is 0.587. The van der Waals surface area contributed by atoms with Gasteiger partial charge in [-0.15, -0.1) is 11.8 Å². The average Bonchev–Trinajstić information content (AvgIpc) is 3.23. The molecule has 8 heteroatoms. The molecule has 0 saturated carbocycles. The van der Waals surface area contributed by atoms with Crippen molar-refractivity contribution in [2.45, 2.75) is 17.6 Å². The van der Waals surface area contributed by atoms with Gasteiger partial charge in [-0.25, -0.2) is 0 Å². The van der Waals surface area contributed by atoms with Crippen LogP contribution in [0.2, 0.25) is 0 Å². The first-order valence-corrected chi connectivity index (χ1v) is 10.7. The van der Waals surface area contributed by atoms with Crippen LogP contribution in [0.3, 0.4) is 0 Å². The zero-order valence-electron chi connectivity index (χ0n) is 16.7. The largest absolute Gasteiger partial charge is 0.338 e.